The summed E-state index contributed by atoms with van der Waals surface area (Å²) in [6.45, 7) is 6.98. The highest BCUT2D eigenvalue weighted by Crippen LogP contribution is 2.24. The van der Waals surface area contributed by atoms with E-state index in [9.17, 15) is 4.79 Å². The Morgan fingerprint density at radius 1 is 1.04 bits per heavy atom. The molecule has 1 fully saturated rings. The molecule has 2 aromatic carbocycles. The summed E-state index contributed by atoms with van der Waals surface area (Å²) < 4.78 is 0. The van der Waals surface area contributed by atoms with Crippen molar-refractivity contribution in [1.29, 1.82) is 0 Å². The van der Waals surface area contributed by atoms with Gasteiger partial charge >= 0.3 is 0 Å². The van der Waals surface area contributed by atoms with Gasteiger partial charge in [-0.25, -0.2) is 0 Å². The van der Waals surface area contributed by atoms with Gasteiger partial charge in [0.05, 0.1) is 0 Å². The molecule has 1 amide bonds. The van der Waals surface area contributed by atoms with E-state index < -0.39 is 0 Å². The van der Waals surface area contributed by atoms with E-state index in [-0.39, 0.29) is 18.3 Å². The highest BCUT2D eigenvalue weighted by Gasteiger charge is 2.27. The van der Waals surface area contributed by atoms with Crippen molar-refractivity contribution in [2.45, 2.75) is 39.2 Å². The van der Waals surface area contributed by atoms with Crippen molar-refractivity contribution in [3.8, 4) is 0 Å². The predicted molar refractivity (Wildman–Crippen MR) is 111 cm³/mol. The number of carbonyl (C=O) groups is 1. The number of anilines is 1. The third-order valence-corrected chi connectivity index (χ3v) is 5.13. The van der Waals surface area contributed by atoms with Crippen LogP contribution in [0.3, 0.4) is 0 Å². The first-order valence-electron chi connectivity index (χ1n) is 9.26. The fraction of sp³-hybridized carbons (Fsp3) is 0.409. The van der Waals surface area contributed by atoms with Gasteiger partial charge in [-0.15, -0.1) is 12.4 Å². The fourth-order valence-corrected chi connectivity index (χ4v) is 3.69. The van der Waals surface area contributed by atoms with Crippen molar-refractivity contribution in [2.24, 2.45) is 0 Å². The first-order valence-corrected chi connectivity index (χ1v) is 9.26. The van der Waals surface area contributed by atoms with E-state index in [1.807, 2.05) is 4.90 Å². The van der Waals surface area contributed by atoms with Crippen molar-refractivity contribution in [3.63, 3.8) is 0 Å². The van der Waals surface area contributed by atoms with Crippen molar-refractivity contribution in [2.75, 3.05) is 24.5 Å². The zero-order chi connectivity index (χ0) is 17.6. The smallest absolute Gasteiger partial charge is 0.224 e. The van der Waals surface area contributed by atoms with Crippen LogP contribution in [0.1, 0.15) is 30.9 Å². The predicted octanol–water partition coefficient (Wildman–Crippen LogP) is 4.48. The Morgan fingerprint density at radius 3 is 2.23 bits per heavy atom. The van der Waals surface area contributed by atoms with E-state index in [1.54, 1.807) is 6.92 Å². The van der Waals surface area contributed by atoms with Crippen LogP contribution in [-0.2, 0) is 11.2 Å². The second kappa shape index (κ2) is 9.75. The molecule has 26 heavy (non-hydrogen) atoms. The van der Waals surface area contributed by atoms with Crippen LogP contribution in [0.15, 0.2) is 54.6 Å². The SMILES string of the molecule is CC(=O)N(c1ccc(C)cc1)C1CCN(CCc2ccccc2)CC1.Cl. The van der Waals surface area contributed by atoms with Crippen molar-refractivity contribution in [1.82, 2.24) is 4.90 Å². The summed E-state index contributed by atoms with van der Waals surface area (Å²) in [7, 11) is 0. The zero-order valence-corrected chi connectivity index (χ0v) is 16.5. The normalized spacial score (nSPS) is 15.3. The summed E-state index contributed by atoms with van der Waals surface area (Å²) in [4.78, 5) is 16.8. The van der Waals surface area contributed by atoms with Gasteiger partial charge in [0.25, 0.3) is 0 Å². The maximum atomic E-state index is 12.2. The summed E-state index contributed by atoms with van der Waals surface area (Å²) in [5.74, 6) is 0.145. The summed E-state index contributed by atoms with van der Waals surface area (Å²) in [5.41, 5.74) is 3.65. The van der Waals surface area contributed by atoms with Crippen LogP contribution in [0.5, 0.6) is 0 Å². The van der Waals surface area contributed by atoms with Crippen LogP contribution >= 0.6 is 12.4 Å². The monoisotopic (exact) mass is 372 g/mol. The van der Waals surface area contributed by atoms with Gasteiger partial charge in [-0.05, 0) is 43.9 Å². The molecule has 1 heterocycles. The van der Waals surface area contributed by atoms with Gasteiger partial charge in [0.2, 0.25) is 5.91 Å². The fourth-order valence-electron chi connectivity index (χ4n) is 3.69. The highest BCUT2D eigenvalue weighted by atomic mass is 35.5. The third kappa shape index (κ3) is 5.33. The maximum Gasteiger partial charge on any atom is 0.224 e. The summed E-state index contributed by atoms with van der Waals surface area (Å²) in [5, 5.41) is 0. The molecule has 1 saturated heterocycles. The topological polar surface area (TPSA) is 23.6 Å². The molecule has 0 spiro atoms. The summed E-state index contributed by atoms with van der Waals surface area (Å²) >= 11 is 0. The number of hydrogen-bond donors (Lipinski definition) is 0. The van der Waals surface area contributed by atoms with Gasteiger partial charge in [0.1, 0.15) is 0 Å². The largest absolute Gasteiger partial charge is 0.310 e. The van der Waals surface area contributed by atoms with Gasteiger partial charge in [-0.2, -0.15) is 0 Å². The minimum absolute atomic E-state index is 0. The average Bonchev–Trinajstić information content (AvgIpc) is 2.63. The van der Waals surface area contributed by atoms with Crippen LogP contribution in [0.25, 0.3) is 0 Å². The van der Waals surface area contributed by atoms with Gasteiger partial charge in [0, 0.05) is 38.3 Å². The molecule has 0 saturated carbocycles. The molecule has 4 heteroatoms. The molecule has 140 valence electrons. The number of rotatable bonds is 5. The summed E-state index contributed by atoms with van der Waals surface area (Å²) in [6, 6.07) is 19.3. The molecule has 0 radical (unpaired) electrons. The van der Waals surface area contributed by atoms with Crippen molar-refractivity contribution in [3.05, 3.63) is 65.7 Å². The van der Waals surface area contributed by atoms with Crippen LogP contribution in [0.2, 0.25) is 0 Å². The molecule has 0 atom stereocenters. The van der Waals surface area contributed by atoms with Crippen LogP contribution < -0.4 is 4.90 Å². The van der Waals surface area contributed by atoms with Crippen molar-refractivity contribution < 1.29 is 4.79 Å². The molecule has 0 bridgehead atoms. The molecular weight excluding hydrogens is 344 g/mol. The van der Waals surface area contributed by atoms with Crippen LogP contribution in [0.4, 0.5) is 5.69 Å². The van der Waals surface area contributed by atoms with Crippen LogP contribution in [-0.4, -0.2) is 36.5 Å². The molecule has 0 unspecified atom stereocenters. The Morgan fingerprint density at radius 2 is 1.65 bits per heavy atom. The molecule has 0 aromatic heterocycles. The summed E-state index contributed by atoms with van der Waals surface area (Å²) in [6.07, 6.45) is 3.18. The van der Waals surface area contributed by atoms with E-state index in [1.165, 1.54) is 11.1 Å². The minimum Gasteiger partial charge on any atom is -0.310 e. The highest BCUT2D eigenvalue weighted by molar-refractivity contribution is 5.92. The Hall–Kier alpha value is -1.84. The zero-order valence-electron chi connectivity index (χ0n) is 15.7. The third-order valence-electron chi connectivity index (χ3n) is 5.13. The first-order chi connectivity index (χ1) is 12.1. The number of piperidine rings is 1. The number of hydrogen-bond acceptors (Lipinski definition) is 2. The Bertz CT molecular complexity index is 679. The number of aryl methyl sites for hydroxylation is 1. The van der Waals surface area contributed by atoms with Crippen LogP contribution in [0, 0.1) is 6.92 Å². The van der Waals surface area contributed by atoms with Gasteiger partial charge < -0.3 is 9.80 Å². The number of benzene rings is 2. The van der Waals surface area contributed by atoms with E-state index in [0.29, 0.717) is 6.04 Å². The van der Waals surface area contributed by atoms with Gasteiger partial charge in [-0.1, -0.05) is 48.0 Å². The molecule has 0 N–H and O–H groups in total. The second-order valence-corrected chi connectivity index (χ2v) is 7.03. The molecule has 1 aliphatic heterocycles. The standard InChI is InChI=1S/C22H28N2O.ClH/c1-18-8-10-21(11-9-18)24(19(2)25)22-13-16-23(17-14-22)15-12-20-6-4-3-5-7-20;/h3-11,22H,12-17H2,1-2H3;1H. The van der Waals surface area contributed by atoms with E-state index >= 15 is 0 Å². The quantitative estimate of drug-likeness (QED) is 0.772. The van der Waals surface area contributed by atoms with Gasteiger partial charge in [-0.3, -0.25) is 4.79 Å². The van der Waals surface area contributed by atoms with E-state index in [2.05, 4.69) is 66.4 Å². The number of nitrogens with zero attached hydrogens (tertiary/aromatic N) is 2. The Balaban J connectivity index is 0.00000243. The number of halogens is 1. The lowest BCUT2D eigenvalue weighted by atomic mass is 10.0. The molecule has 3 rings (SSSR count). The molecular formula is C22H29ClN2O. The van der Waals surface area contributed by atoms with E-state index in [0.717, 1.165) is 44.6 Å². The first kappa shape index (κ1) is 20.5. The molecule has 1 aliphatic rings. The molecule has 0 aliphatic carbocycles. The maximum absolute atomic E-state index is 12.2. The van der Waals surface area contributed by atoms with Gasteiger partial charge in [0.15, 0.2) is 0 Å². The second-order valence-electron chi connectivity index (χ2n) is 7.03. The molecule has 2 aromatic rings. The Labute approximate surface area is 163 Å². The minimum atomic E-state index is 0. The number of carbonyl (C=O) groups excluding carboxylic acids is 1. The average molecular weight is 373 g/mol. The van der Waals surface area contributed by atoms with E-state index in [4.69, 9.17) is 0 Å². The van der Waals surface area contributed by atoms with Crippen molar-refractivity contribution >= 4 is 24.0 Å². The lowest BCUT2D eigenvalue weighted by Crippen LogP contribution is -2.47. The lowest BCUT2D eigenvalue weighted by Gasteiger charge is -2.38. The number of likely N-dealkylation sites (tertiary alicyclic amines) is 1. The Kier molecular flexibility index (Phi) is 7.67. The molecule has 3 nitrogen and oxygen atoms in total. The lowest BCUT2D eigenvalue weighted by molar-refractivity contribution is -0.117. The number of amides is 1.